The molecule has 0 spiro atoms. The van der Waals surface area contributed by atoms with Gasteiger partial charge < -0.3 is 25.4 Å². The fraction of sp³-hybridized carbons (Fsp3) is 0.467. The van der Waals surface area contributed by atoms with Crippen molar-refractivity contribution in [2.24, 2.45) is 0 Å². The van der Waals surface area contributed by atoms with E-state index in [2.05, 4.69) is 16.0 Å². The first-order valence-electron chi connectivity index (χ1n) is 7.35. The molecule has 1 fully saturated rings. The lowest BCUT2D eigenvalue weighted by atomic mass is 10.2. The maximum absolute atomic E-state index is 12.0. The quantitative estimate of drug-likeness (QED) is 0.767. The Hall–Kier alpha value is -1.83. The van der Waals surface area contributed by atoms with Crippen LogP contribution in [-0.4, -0.2) is 43.7 Å². The molecule has 0 aliphatic carbocycles. The molecule has 0 radical (unpaired) electrons. The van der Waals surface area contributed by atoms with Crippen molar-refractivity contribution in [3.05, 3.63) is 18.2 Å². The highest BCUT2D eigenvalue weighted by Crippen LogP contribution is 2.32. The molecule has 2 heterocycles. The molecule has 23 heavy (non-hydrogen) atoms. The maximum Gasteiger partial charge on any atom is 0.265 e. The van der Waals surface area contributed by atoms with Gasteiger partial charge in [0.2, 0.25) is 5.91 Å². The summed E-state index contributed by atoms with van der Waals surface area (Å²) in [5, 5.41) is 8.75. The predicted molar refractivity (Wildman–Crippen MR) is 88.3 cm³/mol. The van der Waals surface area contributed by atoms with Crippen molar-refractivity contribution >= 4 is 35.6 Å². The number of amides is 2. The molecule has 1 saturated heterocycles. The molecule has 2 amide bonds. The van der Waals surface area contributed by atoms with Gasteiger partial charge in [0.25, 0.3) is 5.91 Å². The third-order valence-electron chi connectivity index (χ3n) is 3.61. The van der Waals surface area contributed by atoms with Crippen LogP contribution < -0.4 is 20.7 Å². The molecule has 2 aliphatic rings. The predicted octanol–water partition coefficient (Wildman–Crippen LogP) is 1.14. The van der Waals surface area contributed by atoms with Crippen molar-refractivity contribution in [3.63, 3.8) is 0 Å². The minimum atomic E-state index is -0.510. The van der Waals surface area contributed by atoms with Gasteiger partial charge in [-0.15, -0.1) is 12.4 Å². The van der Waals surface area contributed by atoms with E-state index in [1.807, 2.05) is 0 Å². The third kappa shape index (κ3) is 4.34. The van der Waals surface area contributed by atoms with Crippen LogP contribution in [0.1, 0.15) is 13.3 Å². The Kier molecular flexibility index (Phi) is 5.81. The number of ether oxygens (including phenoxy) is 2. The second-order valence-corrected chi connectivity index (χ2v) is 5.41. The lowest BCUT2D eigenvalue weighted by Crippen LogP contribution is -2.40. The van der Waals surface area contributed by atoms with Crippen LogP contribution in [0.5, 0.6) is 5.75 Å². The Morgan fingerprint density at radius 3 is 3.00 bits per heavy atom. The molecule has 3 N–H and O–H groups in total. The molecule has 0 saturated carbocycles. The van der Waals surface area contributed by atoms with Gasteiger partial charge in [-0.3, -0.25) is 9.59 Å². The topological polar surface area (TPSA) is 88.7 Å². The first kappa shape index (κ1) is 17.5. The van der Waals surface area contributed by atoms with Gasteiger partial charge in [0, 0.05) is 18.8 Å². The van der Waals surface area contributed by atoms with E-state index in [0.717, 1.165) is 6.54 Å². The summed E-state index contributed by atoms with van der Waals surface area (Å²) in [6.45, 7) is 3.81. The lowest BCUT2D eigenvalue weighted by molar-refractivity contribution is -0.122. The number of rotatable bonds is 3. The summed E-state index contributed by atoms with van der Waals surface area (Å²) in [5.41, 5.74) is 1.18. The average molecular weight is 342 g/mol. The highest BCUT2D eigenvalue weighted by atomic mass is 35.5. The molecule has 0 bridgehead atoms. The minimum Gasteiger partial charge on any atom is -0.479 e. The van der Waals surface area contributed by atoms with E-state index >= 15 is 0 Å². The highest BCUT2D eigenvalue weighted by Gasteiger charge is 2.24. The Balaban J connectivity index is 0.00000192. The molecule has 7 nitrogen and oxygen atoms in total. The van der Waals surface area contributed by atoms with Crippen molar-refractivity contribution in [1.29, 1.82) is 0 Å². The summed E-state index contributed by atoms with van der Waals surface area (Å²) < 4.78 is 11.0. The van der Waals surface area contributed by atoms with Crippen LogP contribution in [0.3, 0.4) is 0 Å². The van der Waals surface area contributed by atoms with Crippen molar-refractivity contribution in [2.45, 2.75) is 25.6 Å². The molecular formula is C15H20ClN3O4. The smallest absolute Gasteiger partial charge is 0.265 e. The summed E-state index contributed by atoms with van der Waals surface area (Å²) in [4.78, 5) is 23.6. The van der Waals surface area contributed by atoms with Crippen molar-refractivity contribution in [2.75, 3.05) is 30.3 Å². The van der Waals surface area contributed by atoms with E-state index < -0.39 is 6.10 Å². The van der Waals surface area contributed by atoms with Crippen LogP contribution in [0.2, 0.25) is 0 Å². The van der Waals surface area contributed by atoms with Gasteiger partial charge in [0.1, 0.15) is 5.75 Å². The Bertz CT molecular complexity index is 590. The number of hydrogen-bond donors (Lipinski definition) is 3. The third-order valence-corrected chi connectivity index (χ3v) is 3.61. The van der Waals surface area contributed by atoms with Crippen molar-refractivity contribution < 1.29 is 19.1 Å². The molecule has 1 aromatic carbocycles. The number of anilines is 2. The zero-order chi connectivity index (χ0) is 15.5. The second kappa shape index (κ2) is 7.63. The van der Waals surface area contributed by atoms with Crippen LogP contribution in [0.25, 0.3) is 0 Å². The molecule has 2 aliphatic heterocycles. The first-order chi connectivity index (χ1) is 10.6. The molecule has 126 valence electrons. The van der Waals surface area contributed by atoms with Crippen LogP contribution in [0, 0.1) is 0 Å². The van der Waals surface area contributed by atoms with Gasteiger partial charge in [0.15, 0.2) is 6.10 Å². The molecule has 0 aromatic heterocycles. The first-order valence-corrected chi connectivity index (χ1v) is 7.35. The van der Waals surface area contributed by atoms with Crippen LogP contribution in [0.15, 0.2) is 18.2 Å². The summed E-state index contributed by atoms with van der Waals surface area (Å²) in [6.07, 6.45) is -0.316. The molecule has 8 heteroatoms. The number of morpholine rings is 1. The van der Waals surface area contributed by atoms with Gasteiger partial charge in [-0.1, -0.05) is 0 Å². The van der Waals surface area contributed by atoms with Gasteiger partial charge in [-0.2, -0.15) is 0 Å². The number of hydrogen-bond acceptors (Lipinski definition) is 5. The van der Waals surface area contributed by atoms with Crippen molar-refractivity contribution in [3.8, 4) is 5.75 Å². The zero-order valence-electron chi connectivity index (χ0n) is 12.8. The number of fused-ring (bicyclic) bond motifs is 1. The average Bonchev–Trinajstić information content (AvgIpc) is 2.49. The summed E-state index contributed by atoms with van der Waals surface area (Å²) >= 11 is 0. The van der Waals surface area contributed by atoms with Gasteiger partial charge in [0.05, 0.1) is 24.8 Å². The summed E-state index contributed by atoms with van der Waals surface area (Å²) in [5.74, 6) is 0.285. The zero-order valence-corrected chi connectivity index (χ0v) is 13.6. The van der Waals surface area contributed by atoms with E-state index in [1.54, 1.807) is 25.1 Å². The van der Waals surface area contributed by atoms with Gasteiger partial charge in [-0.05, 0) is 25.1 Å². The Labute approximate surface area is 140 Å². The van der Waals surface area contributed by atoms with E-state index in [9.17, 15) is 9.59 Å². The largest absolute Gasteiger partial charge is 0.479 e. The number of nitrogens with one attached hydrogen (secondary N) is 3. The number of carbonyl (C=O) groups is 2. The normalized spacial score (nSPS) is 22.9. The Morgan fingerprint density at radius 2 is 2.26 bits per heavy atom. The maximum atomic E-state index is 12.0. The molecule has 2 atom stereocenters. The summed E-state index contributed by atoms with van der Waals surface area (Å²) in [7, 11) is 0. The van der Waals surface area contributed by atoms with E-state index in [4.69, 9.17) is 9.47 Å². The monoisotopic (exact) mass is 341 g/mol. The fourth-order valence-corrected chi connectivity index (χ4v) is 2.46. The van der Waals surface area contributed by atoms with Crippen molar-refractivity contribution in [1.82, 2.24) is 5.32 Å². The van der Waals surface area contributed by atoms with Crippen LogP contribution in [-0.2, 0) is 14.3 Å². The highest BCUT2D eigenvalue weighted by molar-refractivity contribution is 5.99. The summed E-state index contributed by atoms with van der Waals surface area (Å²) in [6, 6.07) is 5.18. The van der Waals surface area contributed by atoms with Crippen LogP contribution >= 0.6 is 12.4 Å². The van der Waals surface area contributed by atoms with E-state index in [-0.39, 0.29) is 30.3 Å². The molecule has 3 rings (SSSR count). The lowest BCUT2D eigenvalue weighted by Gasteiger charge is -2.24. The van der Waals surface area contributed by atoms with Gasteiger partial charge in [-0.25, -0.2) is 0 Å². The number of benzene rings is 1. The van der Waals surface area contributed by atoms with E-state index in [0.29, 0.717) is 36.7 Å². The fourth-order valence-electron chi connectivity index (χ4n) is 2.46. The number of halogens is 1. The second-order valence-electron chi connectivity index (χ2n) is 5.41. The van der Waals surface area contributed by atoms with Gasteiger partial charge >= 0.3 is 0 Å². The molecule has 1 aromatic rings. The molecular weight excluding hydrogens is 322 g/mol. The van der Waals surface area contributed by atoms with E-state index in [1.165, 1.54) is 0 Å². The number of carbonyl (C=O) groups excluding carboxylic acids is 2. The Morgan fingerprint density at radius 1 is 1.43 bits per heavy atom. The van der Waals surface area contributed by atoms with Crippen LogP contribution in [0.4, 0.5) is 11.4 Å². The SMILES string of the molecule is CC1Oc2ccc(NC(=O)CC3CNCCO3)cc2NC1=O.Cl. The standard InChI is InChI=1S/C15H19N3O4.ClH/c1-9-15(20)18-12-6-10(2-3-13(12)22-9)17-14(19)7-11-8-16-4-5-21-11;/h2-3,6,9,11,16H,4-5,7-8H2,1H3,(H,17,19)(H,18,20);1H. The minimum absolute atomic E-state index is 0. The molecule has 2 unspecified atom stereocenters.